The molecule has 0 saturated carbocycles. The zero-order valence-corrected chi connectivity index (χ0v) is 19.5. The number of ketones is 1. The Bertz CT molecular complexity index is 1440. The number of Topliss-reactive ketones (excluding diaryl/α,β-unsaturated/α-hetero) is 1. The van der Waals surface area contributed by atoms with Crippen molar-refractivity contribution < 1.29 is 19.4 Å². The average Bonchev–Trinajstić information content (AvgIpc) is 3.41. The van der Waals surface area contributed by atoms with Crippen molar-refractivity contribution in [3.8, 4) is 5.75 Å². The van der Waals surface area contributed by atoms with Gasteiger partial charge in [-0.1, -0.05) is 72.9 Å². The zero-order valence-electron chi connectivity index (χ0n) is 18.7. The number of para-hydroxylation sites is 1. The van der Waals surface area contributed by atoms with Crippen molar-refractivity contribution in [2.75, 3.05) is 12.0 Å². The van der Waals surface area contributed by atoms with E-state index in [1.165, 1.54) is 23.3 Å². The first-order valence-corrected chi connectivity index (χ1v) is 11.7. The van der Waals surface area contributed by atoms with Crippen LogP contribution in [0.2, 0.25) is 0 Å². The molecule has 4 aromatic rings. The highest BCUT2D eigenvalue weighted by atomic mass is 32.1. The molecule has 170 valence electrons. The molecule has 0 spiro atoms. The molecule has 3 aromatic carbocycles. The summed E-state index contributed by atoms with van der Waals surface area (Å²) in [7, 11) is 1.53. The number of hydrogen-bond acceptors (Lipinski definition) is 6. The molecule has 7 heteroatoms. The lowest BCUT2D eigenvalue weighted by Crippen LogP contribution is -2.29. The molecule has 5 rings (SSSR count). The summed E-state index contributed by atoms with van der Waals surface area (Å²) in [6, 6.07) is 21.0. The van der Waals surface area contributed by atoms with Gasteiger partial charge in [-0.15, -0.1) is 0 Å². The maximum Gasteiger partial charge on any atom is 0.301 e. The fourth-order valence-electron chi connectivity index (χ4n) is 4.25. The SMILES string of the molecule is CCc1ccc2nc(N3C(=O)C(=O)/C(=C(/O)c4ccccc4)[C@H]3c3ccccc3OC)sc2c1. The fourth-order valence-corrected chi connectivity index (χ4v) is 5.30. The molecule has 1 N–H and O–H groups in total. The Morgan fingerprint density at radius 3 is 2.53 bits per heavy atom. The molecule has 1 fully saturated rings. The minimum absolute atomic E-state index is 0.00852. The summed E-state index contributed by atoms with van der Waals surface area (Å²) in [6.45, 7) is 2.08. The van der Waals surface area contributed by atoms with Crippen LogP contribution in [0.1, 0.15) is 29.7 Å². The van der Waals surface area contributed by atoms with Gasteiger partial charge in [0, 0.05) is 11.1 Å². The Morgan fingerprint density at radius 1 is 1.06 bits per heavy atom. The number of ether oxygens (including phenoxy) is 1. The van der Waals surface area contributed by atoms with Gasteiger partial charge in [-0.2, -0.15) is 0 Å². The predicted octanol–water partition coefficient (Wildman–Crippen LogP) is 5.49. The van der Waals surface area contributed by atoms with Gasteiger partial charge in [0.1, 0.15) is 17.6 Å². The van der Waals surface area contributed by atoms with Crippen molar-refractivity contribution in [1.82, 2.24) is 4.98 Å². The van der Waals surface area contributed by atoms with Gasteiger partial charge in [-0.05, 0) is 30.2 Å². The molecule has 1 saturated heterocycles. The summed E-state index contributed by atoms with van der Waals surface area (Å²) in [5.41, 5.74) is 2.97. The lowest BCUT2D eigenvalue weighted by Gasteiger charge is -2.24. The van der Waals surface area contributed by atoms with Gasteiger partial charge in [-0.25, -0.2) is 4.98 Å². The molecular formula is C27H22N2O4S. The van der Waals surface area contributed by atoms with Crippen molar-refractivity contribution in [2.45, 2.75) is 19.4 Å². The largest absolute Gasteiger partial charge is 0.507 e. The van der Waals surface area contributed by atoms with E-state index >= 15 is 0 Å². The Hall–Kier alpha value is -3.97. The molecule has 0 aliphatic carbocycles. The summed E-state index contributed by atoms with van der Waals surface area (Å²) in [6.07, 6.45) is 0.881. The molecule has 1 amide bonds. The lowest BCUT2D eigenvalue weighted by molar-refractivity contribution is -0.132. The van der Waals surface area contributed by atoms with E-state index in [1.807, 2.05) is 30.3 Å². The molecular weight excluding hydrogens is 448 g/mol. The number of benzene rings is 3. The molecule has 6 nitrogen and oxygen atoms in total. The van der Waals surface area contributed by atoms with E-state index in [4.69, 9.17) is 4.74 Å². The van der Waals surface area contributed by atoms with Gasteiger partial charge in [-0.3, -0.25) is 14.5 Å². The fraction of sp³-hybridized carbons (Fsp3) is 0.148. The van der Waals surface area contributed by atoms with Crippen molar-refractivity contribution in [2.24, 2.45) is 0 Å². The van der Waals surface area contributed by atoms with Crippen LogP contribution in [-0.4, -0.2) is 28.9 Å². The van der Waals surface area contributed by atoms with Crippen molar-refractivity contribution >= 4 is 44.1 Å². The molecule has 1 atom stereocenters. The second kappa shape index (κ2) is 8.76. The summed E-state index contributed by atoms with van der Waals surface area (Å²) >= 11 is 1.35. The van der Waals surface area contributed by atoms with Crippen LogP contribution < -0.4 is 9.64 Å². The summed E-state index contributed by atoms with van der Waals surface area (Å²) in [5, 5.41) is 11.6. The lowest BCUT2D eigenvalue weighted by atomic mass is 9.95. The van der Waals surface area contributed by atoms with E-state index < -0.39 is 17.7 Å². The van der Waals surface area contributed by atoms with Gasteiger partial charge in [0.05, 0.1) is 22.9 Å². The van der Waals surface area contributed by atoms with Crippen LogP contribution in [0.5, 0.6) is 5.75 Å². The van der Waals surface area contributed by atoms with Gasteiger partial charge in [0.15, 0.2) is 5.13 Å². The number of methoxy groups -OCH3 is 1. The Balaban J connectivity index is 1.75. The molecule has 1 aromatic heterocycles. The number of rotatable bonds is 5. The standard InChI is InChI=1S/C27H22N2O4S/c1-3-16-13-14-19-21(15-16)34-27(28-19)29-23(18-11-7-8-12-20(18)33-2)22(25(31)26(29)32)24(30)17-9-5-4-6-10-17/h4-15,23,30H,3H2,1-2H3/b24-22+/t23-/m1/s1. The summed E-state index contributed by atoms with van der Waals surface area (Å²) in [4.78, 5) is 32.8. The molecule has 0 unspecified atom stereocenters. The predicted molar refractivity (Wildman–Crippen MR) is 133 cm³/mol. The number of carbonyl (C=O) groups is 2. The van der Waals surface area contributed by atoms with Gasteiger partial charge >= 0.3 is 5.91 Å². The third kappa shape index (κ3) is 3.54. The monoisotopic (exact) mass is 470 g/mol. The number of aromatic nitrogens is 1. The van der Waals surface area contributed by atoms with Crippen LogP contribution in [0.25, 0.3) is 16.0 Å². The molecule has 0 bridgehead atoms. The van der Waals surface area contributed by atoms with Gasteiger partial charge < -0.3 is 9.84 Å². The minimum Gasteiger partial charge on any atom is -0.507 e. The number of thiazole rings is 1. The zero-order chi connectivity index (χ0) is 23.8. The number of nitrogens with zero attached hydrogens (tertiary/aromatic N) is 2. The first-order chi connectivity index (χ1) is 16.5. The number of hydrogen-bond donors (Lipinski definition) is 1. The Morgan fingerprint density at radius 2 is 1.79 bits per heavy atom. The molecule has 34 heavy (non-hydrogen) atoms. The summed E-state index contributed by atoms with van der Waals surface area (Å²) < 4.78 is 6.49. The van der Waals surface area contributed by atoms with E-state index in [0.29, 0.717) is 22.0 Å². The topological polar surface area (TPSA) is 79.7 Å². The number of carbonyl (C=O) groups excluding carboxylic acids is 2. The molecule has 0 radical (unpaired) electrons. The van der Waals surface area contributed by atoms with Crippen LogP contribution in [0.3, 0.4) is 0 Å². The molecule has 1 aliphatic heterocycles. The second-order valence-electron chi connectivity index (χ2n) is 7.93. The summed E-state index contributed by atoms with van der Waals surface area (Å²) in [5.74, 6) is -1.21. The smallest absolute Gasteiger partial charge is 0.301 e. The number of aryl methyl sites for hydroxylation is 1. The first-order valence-electron chi connectivity index (χ1n) is 10.9. The van der Waals surface area contributed by atoms with E-state index in [9.17, 15) is 14.7 Å². The quantitative estimate of drug-likeness (QED) is 0.237. The van der Waals surface area contributed by atoms with Crippen LogP contribution in [-0.2, 0) is 16.0 Å². The minimum atomic E-state index is -0.887. The average molecular weight is 471 g/mol. The van der Waals surface area contributed by atoms with E-state index in [-0.39, 0.29) is 11.3 Å². The van der Waals surface area contributed by atoms with Gasteiger partial charge in [0.25, 0.3) is 5.78 Å². The van der Waals surface area contributed by atoms with E-state index in [0.717, 1.165) is 22.2 Å². The second-order valence-corrected chi connectivity index (χ2v) is 8.94. The normalized spacial score (nSPS) is 17.5. The van der Waals surface area contributed by atoms with Crippen molar-refractivity contribution in [3.63, 3.8) is 0 Å². The number of anilines is 1. The molecule has 1 aliphatic rings. The van der Waals surface area contributed by atoms with Gasteiger partial charge in [0.2, 0.25) is 0 Å². The highest BCUT2D eigenvalue weighted by Crippen LogP contribution is 2.46. The van der Waals surface area contributed by atoms with Crippen LogP contribution >= 0.6 is 11.3 Å². The first kappa shape index (κ1) is 21.9. The highest BCUT2D eigenvalue weighted by molar-refractivity contribution is 7.22. The number of fused-ring (bicyclic) bond motifs is 1. The number of aliphatic hydroxyl groups is 1. The Labute approximate surface area is 200 Å². The third-order valence-corrected chi connectivity index (χ3v) is 7.00. The number of amides is 1. The van der Waals surface area contributed by atoms with Crippen LogP contribution in [0.15, 0.2) is 78.4 Å². The van der Waals surface area contributed by atoms with Crippen molar-refractivity contribution in [3.05, 3.63) is 95.1 Å². The Kier molecular flexibility index (Phi) is 5.63. The van der Waals surface area contributed by atoms with Crippen LogP contribution in [0, 0.1) is 0 Å². The number of aliphatic hydroxyl groups excluding tert-OH is 1. The third-order valence-electron chi connectivity index (χ3n) is 5.98. The van der Waals surface area contributed by atoms with Crippen molar-refractivity contribution in [1.29, 1.82) is 0 Å². The highest BCUT2D eigenvalue weighted by Gasteiger charge is 2.49. The van der Waals surface area contributed by atoms with Crippen LogP contribution in [0.4, 0.5) is 5.13 Å². The maximum absolute atomic E-state index is 13.4. The maximum atomic E-state index is 13.4. The van der Waals surface area contributed by atoms with E-state index in [2.05, 4.69) is 18.0 Å². The van der Waals surface area contributed by atoms with E-state index in [1.54, 1.807) is 36.4 Å². The molecule has 2 heterocycles.